The van der Waals surface area contributed by atoms with Crippen molar-refractivity contribution in [1.29, 1.82) is 0 Å². The van der Waals surface area contributed by atoms with E-state index in [0.29, 0.717) is 0 Å². The summed E-state index contributed by atoms with van der Waals surface area (Å²) in [6.45, 7) is 6.20. The molecule has 0 heterocycles. The van der Waals surface area contributed by atoms with Crippen molar-refractivity contribution in [2.45, 2.75) is 26.4 Å². The van der Waals surface area contributed by atoms with Crippen molar-refractivity contribution >= 4 is 67.8 Å². The third kappa shape index (κ3) is 3.99. The number of hydrogen-bond acceptors (Lipinski definition) is 1. The lowest BCUT2D eigenvalue weighted by Gasteiger charge is -2.23. The molecular weight excluding hydrogens is 517 g/mol. The van der Waals surface area contributed by atoms with E-state index in [9.17, 15) is 0 Å². The summed E-state index contributed by atoms with van der Waals surface area (Å²) in [6.07, 6.45) is 0. The zero-order chi connectivity index (χ0) is 10.9. The summed E-state index contributed by atoms with van der Waals surface area (Å²) in [6, 6.07) is 4.26. The SMILES string of the molecule is CC(C)(C)Oc1c(I)cc(I)cc1I. The minimum atomic E-state index is -0.132. The van der Waals surface area contributed by atoms with Crippen LogP contribution in [0.25, 0.3) is 0 Å². The Balaban J connectivity index is 3.09. The van der Waals surface area contributed by atoms with E-state index in [1.54, 1.807) is 0 Å². The van der Waals surface area contributed by atoms with Crippen molar-refractivity contribution < 1.29 is 4.74 Å². The number of hydrogen-bond donors (Lipinski definition) is 0. The maximum absolute atomic E-state index is 5.90. The third-order valence-corrected chi connectivity index (χ3v) is 3.60. The van der Waals surface area contributed by atoms with Gasteiger partial charge in [-0.15, -0.1) is 0 Å². The highest BCUT2D eigenvalue weighted by Crippen LogP contribution is 2.31. The Bertz CT molecular complexity index is 319. The maximum Gasteiger partial charge on any atom is 0.146 e. The van der Waals surface area contributed by atoms with Gasteiger partial charge in [-0.3, -0.25) is 0 Å². The van der Waals surface area contributed by atoms with E-state index in [-0.39, 0.29) is 5.60 Å². The van der Waals surface area contributed by atoms with Gasteiger partial charge in [-0.1, -0.05) is 0 Å². The molecule has 1 aromatic carbocycles. The van der Waals surface area contributed by atoms with Crippen LogP contribution in [0.3, 0.4) is 0 Å². The Morgan fingerprint density at radius 3 is 1.79 bits per heavy atom. The Morgan fingerprint density at radius 1 is 1.00 bits per heavy atom. The second-order valence-electron chi connectivity index (χ2n) is 3.91. The van der Waals surface area contributed by atoms with Crippen LogP contribution in [0.5, 0.6) is 5.75 Å². The van der Waals surface area contributed by atoms with Crippen molar-refractivity contribution in [1.82, 2.24) is 0 Å². The fraction of sp³-hybridized carbons (Fsp3) is 0.400. The molecule has 1 aromatic rings. The summed E-state index contributed by atoms with van der Waals surface area (Å²) in [7, 11) is 0. The minimum absolute atomic E-state index is 0.132. The molecule has 0 aliphatic heterocycles. The fourth-order valence-electron chi connectivity index (χ4n) is 0.933. The topological polar surface area (TPSA) is 9.23 Å². The fourth-order valence-corrected chi connectivity index (χ4v) is 4.74. The first-order chi connectivity index (χ1) is 6.29. The second kappa shape index (κ2) is 5.03. The number of ether oxygens (including phenoxy) is 1. The van der Waals surface area contributed by atoms with Crippen molar-refractivity contribution in [3.05, 3.63) is 22.8 Å². The lowest BCUT2D eigenvalue weighted by molar-refractivity contribution is 0.128. The Labute approximate surface area is 126 Å². The number of benzene rings is 1. The van der Waals surface area contributed by atoms with Crippen LogP contribution in [-0.4, -0.2) is 5.60 Å². The highest BCUT2D eigenvalue weighted by molar-refractivity contribution is 14.1. The van der Waals surface area contributed by atoms with E-state index in [2.05, 4.69) is 101 Å². The normalized spacial score (nSPS) is 11.6. The Kier molecular flexibility index (Phi) is 4.77. The zero-order valence-corrected chi connectivity index (χ0v) is 14.7. The summed E-state index contributed by atoms with van der Waals surface area (Å²) >= 11 is 6.95. The van der Waals surface area contributed by atoms with Crippen molar-refractivity contribution in [3.63, 3.8) is 0 Å². The van der Waals surface area contributed by atoms with Crippen LogP contribution < -0.4 is 4.74 Å². The van der Waals surface area contributed by atoms with Gasteiger partial charge in [0, 0.05) is 3.57 Å². The van der Waals surface area contributed by atoms with E-state index in [0.717, 1.165) is 5.75 Å². The van der Waals surface area contributed by atoms with Crippen LogP contribution >= 0.6 is 67.8 Å². The highest BCUT2D eigenvalue weighted by Gasteiger charge is 2.16. The van der Waals surface area contributed by atoms with Gasteiger partial charge in [0.1, 0.15) is 11.4 Å². The first-order valence-corrected chi connectivity index (χ1v) is 7.37. The van der Waals surface area contributed by atoms with Crippen molar-refractivity contribution in [2.75, 3.05) is 0 Å². The lowest BCUT2D eigenvalue weighted by Crippen LogP contribution is -2.24. The van der Waals surface area contributed by atoms with E-state index in [1.807, 2.05) is 0 Å². The molecule has 0 aliphatic carbocycles. The predicted molar refractivity (Wildman–Crippen MR) is 85.0 cm³/mol. The molecule has 0 unspecified atom stereocenters. The van der Waals surface area contributed by atoms with Crippen molar-refractivity contribution in [3.8, 4) is 5.75 Å². The molecule has 14 heavy (non-hydrogen) atoms. The number of rotatable bonds is 1. The Hall–Kier alpha value is 1.21. The summed E-state index contributed by atoms with van der Waals surface area (Å²) < 4.78 is 9.50. The predicted octanol–water partition coefficient (Wildman–Crippen LogP) is 4.68. The molecule has 78 valence electrons. The van der Waals surface area contributed by atoms with Gasteiger partial charge in [-0.25, -0.2) is 0 Å². The summed E-state index contributed by atoms with van der Waals surface area (Å²) in [5, 5.41) is 0. The summed E-state index contributed by atoms with van der Waals surface area (Å²) in [4.78, 5) is 0. The molecule has 0 fully saturated rings. The van der Waals surface area contributed by atoms with Crippen LogP contribution in [0.1, 0.15) is 20.8 Å². The average molecular weight is 528 g/mol. The second-order valence-corrected chi connectivity index (χ2v) is 7.48. The molecule has 0 saturated carbocycles. The van der Waals surface area contributed by atoms with Crippen LogP contribution in [0, 0.1) is 10.7 Å². The largest absolute Gasteiger partial charge is 0.486 e. The highest BCUT2D eigenvalue weighted by atomic mass is 127. The molecule has 0 bridgehead atoms. The first-order valence-electron chi connectivity index (χ1n) is 4.13. The molecule has 0 N–H and O–H groups in total. The molecule has 0 aliphatic rings. The van der Waals surface area contributed by atoms with Gasteiger partial charge in [-0.05, 0) is 101 Å². The molecule has 0 amide bonds. The van der Waals surface area contributed by atoms with Gasteiger partial charge < -0.3 is 4.74 Å². The molecule has 0 saturated heterocycles. The molecular formula is C10H11I3O. The van der Waals surface area contributed by atoms with E-state index in [1.165, 1.54) is 10.7 Å². The van der Waals surface area contributed by atoms with Crippen LogP contribution in [0.15, 0.2) is 12.1 Å². The maximum atomic E-state index is 5.90. The van der Waals surface area contributed by atoms with Gasteiger partial charge in [0.2, 0.25) is 0 Å². The average Bonchev–Trinajstić information content (AvgIpc) is 1.95. The van der Waals surface area contributed by atoms with E-state index in [4.69, 9.17) is 4.74 Å². The van der Waals surface area contributed by atoms with Crippen LogP contribution in [-0.2, 0) is 0 Å². The first kappa shape index (κ1) is 13.3. The molecule has 1 nitrogen and oxygen atoms in total. The smallest absolute Gasteiger partial charge is 0.146 e. The quantitative estimate of drug-likeness (QED) is 0.482. The Morgan fingerprint density at radius 2 is 1.43 bits per heavy atom. The van der Waals surface area contributed by atoms with E-state index >= 15 is 0 Å². The monoisotopic (exact) mass is 528 g/mol. The molecule has 1 rings (SSSR count). The van der Waals surface area contributed by atoms with Gasteiger partial charge in [0.15, 0.2) is 0 Å². The number of halogens is 3. The summed E-state index contributed by atoms with van der Waals surface area (Å²) in [5.74, 6) is 0.999. The molecule has 0 atom stereocenters. The molecule has 0 spiro atoms. The van der Waals surface area contributed by atoms with Gasteiger partial charge in [-0.2, -0.15) is 0 Å². The van der Waals surface area contributed by atoms with Gasteiger partial charge in [0.25, 0.3) is 0 Å². The van der Waals surface area contributed by atoms with Crippen molar-refractivity contribution in [2.24, 2.45) is 0 Å². The molecule has 0 aromatic heterocycles. The van der Waals surface area contributed by atoms with Crippen LogP contribution in [0.2, 0.25) is 0 Å². The van der Waals surface area contributed by atoms with Gasteiger partial charge >= 0.3 is 0 Å². The van der Waals surface area contributed by atoms with E-state index < -0.39 is 0 Å². The third-order valence-electron chi connectivity index (χ3n) is 1.37. The summed E-state index contributed by atoms with van der Waals surface area (Å²) in [5.41, 5.74) is -0.132. The van der Waals surface area contributed by atoms with Gasteiger partial charge in [0.05, 0.1) is 7.14 Å². The molecule has 4 heteroatoms. The molecule has 0 radical (unpaired) electrons. The lowest BCUT2D eigenvalue weighted by atomic mass is 10.2. The minimum Gasteiger partial charge on any atom is -0.486 e. The van der Waals surface area contributed by atoms with Crippen LogP contribution in [0.4, 0.5) is 0 Å². The standard InChI is InChI=1S/C10H11I3O/c1-10(2,3)14-9-7(12)4-6(11)5-8(9)13/h4-5H,1-3H3. The zero-order valence-electron chi connectivity index (χ0n) is 8.20.